The highest BCUT2D eigenvalue weighted by molar-refractivity contribution is 9.10. The zero-order valence-electron chi connectivity index (χ0n) is 12.8. The molecule has 0 radical (unpaired) electrons. The molecule has 1 fully saturated rings. The Morgan fingerprint density at radius 3 is 2.80 bits per heavy atom. The maximum atomic E-state index is 5.88. The third-order valence-electron chi connectivity index (χ3n) is 3.99. The molecule has 0 bridgehead atoms. The lowest BCUT2D eigenvalue weighted by Crippen LogP contribution is -2.41. The number of halogens is 1. The lowest BCUT2D eigenvalue weighted by atomic mass is 10.0. The largest absolute Gasteiger partial charge is 0.377 e. The summed E-state index contributed by atoms with van der Waals surface area (Å²) in [5, 5.41) is 8.28. The number of nitrogens with zero attached hydrogens (tertiary/aromatic N) is 2. The van der Waals surface area contributed by atoms with E-state index in [-0.39, 0.29) is 0 Å². The highest BCUT2D eigenvalue weighted by Gasteiger charge is 2.28. The fraction of sp³-hybridized carbons (Fsp3) is 0.800. The van der Waals surface area contributed by atoms with Crippen molar-refractivity contribution in [3.8, 4) is 0 Å². The van der Waals surface area contributed by atoms with Crippen LogP contribution in [-0.2, 0) is 24.1 Å². The van der Waals surface area contributed by atoms with Crippen molar-refractivity contribution in [2.75, 3.05) is 13.2 Å². The molecule has 2 atom stereocenters. The lowest BCUT2D eigenvalue weighted by molar-refractivity contribution is 0.0782. The van der Waals surface area contributed by atoms with Gasteiger partial charge in [-0.1, -0.05) is 13.8 Å². The van der Waals surface area contributed by atoms with Gasteiger partial charge in [0.05, 0.1) is 22.0 Å². The molecule has 5 heteroatoms. The summed E-state index contributed by atoms with van der Waals surface area (Å²) >= 11 is 3.74. The summed E-state index contributed by atoms with van der Waals surface area (Å²) in [6.07, 6.45) is 4.62. The van der Waals surface area contributed by atoms with Crippen LogP contribution in [0.2, 0.25) is 0 Å². The van der Waals surface area contributed by atoms with E-state index in [1.807, 2.05) is 0 Å². The van der Waals surface area contributed by atoms with Crippen molar-refractivity contribution in [2.24, 2.45) is 0 Å². The number of hydrogen-bond donors (Lipinski definition) is 1. The lowest BCUT2D eigenvalue weighted by Gasteiger charge is -2.24. The Kier molecular flexibility index (Phi) is 6.05. The Bertz CT molecular complexity index is 427. The van der Waals surface area contributed by atoms with Crippen molar-refractivity contribution in [1.82, 2.24) is 15.1 Å². The van der Waals surface area contributed by atoms with Crippen molar-refractivity contribution in [3.05, 3.63) is 15.9 Å². The predicted molar refractivity (Wildman–Crippen MR) is 85.1 cm³/mol. The summed E-state index contributed by atoms with van der Waals surface area (Å²) in [5.41, 5.74) is 2.45. The van der Waals surface area contributed by atoms with Crippen LogP contribution in [0.15, 0.2) is 4.47 Å². The number of hydrogen-bond acceptors (Lipinski definition) is 3. The Labute approximate surface area is 130 Å². The number of aryl methyl sites for hydroxylation is 2. The van der Waals surface area contributed by atoms with Gasteiger partial charge in [0.25, 0.3) is 0 Å². The summed E-state index contributed by atoms with van der Waals surface area (Å²) < 4.78 is 9.19. The molecule has 0 aliphatic carbocycles. The van der Waals surface area contributed by atoms with Gasteiger partial charge in [-0.15, -0.1) is 0 Å². The summed E-state index contributed by atoms with van der Waals surface area (Å²) in [6, 6.07) is 0.380. The van der Waals surface area contributed by atoms with E-state index in [0.717, 1.165) is 44.7 Å². The summed E-state index contributed by atoms with van der Waals surface area (Å²) in [5.74, 6) is 0. The minimum atomic E-state index is 0.340. The molecule has 2 heterocycles. The number of rotatable bonds is 7. The third-order valence-corrected chi connectivity index (χ3v) is 4.90. The SMILES string of the molecule is CCNC(Cc1c(Br)c(CC)nn1CC)C1CCCO1. The van der Waals surface area contributed by atoms with Crippen LogP contribution in [0.5, 0.6) is 0 Å². The maximum absolute atomic E-state index is 5.88. The molecule has 1 aliphatic heterocycles. The van der Waals surface area contributed by atoms with E-state index in [9.17, 15) is 0 Å². The Morgan fingerprint density at radius 1 is 1.45 bits per heavy atom. The molecule has 20 heavy (non-hydrogen) atoms. The first-order valence-electron chi connectivity index (χ1n) is 7.80. The fourth-order valence-electron chi connectivity index (χ4n) is 2.94. The third kappa shape index (κ3) is 3.43. The van der Waals surface area contributed by atoms with Crippen molar-refractivity contribution in [3.63, 3.8) is 0 Å². The van der Waals surface area contributed by atoms with Gasteiger partial charge in [-0.3, -0.25) is 4.68 Å². The van der Waals surface area contributed by atoms with Crippen LogP contribution in [0.3, 0.4) is 0 Å². The summed E-state index contributed by atoms with van der Waals surface area (Å²) in [4.78, 5) is 0. The molecule has 0 spiro atoms. The van der Waals surface area contributed by atoms with Crippen LogP contribution in [0.1, 0.15) is 45.0 Å². The molecule has 1 saturated heterocycles. The van der Waals surface area contributed by atoms with Crippen LogP contribution in [0, 0.1) is 0 Å². The van der Waals surface area contributed by atoms with Gasteiger partial charge in [-0.2, -0.15) is 5.10 Å². The predicted octanol–water partition coefficient (Wildman–Crippen LogP) is 2.93. The molecule has 4 nitrogen and oxygen atoms in total. The van der Waals surface area contributed by atoms with Gasteiger partial charge >= 0.3 is 0 Å². The minimum absolute atomic E-state index is 0.340. The Balaban J connectivity index is 2.18. The summed E-state index contributed by atoms with van der Waals surface area (Å²) in [6.45, 7) is 9.25. The normalized spacial score (nSPS) is 20.5. The van der Waals surface area contributed by atoms with E-state index >= 15 is 0 Å². The van der Waals surface area contributed by atoms with Crippen LogP contribution in [0.4, 0.5) is 0 Å². The first kappa shape index (κ1) is 16.0. The molecule has 1 aliphatic rings. The molecule has 1 N–H and O–H groups in total. The van der Waals surface area contributed by atoms with Crippen LogP contribution >= 0.6 is 15.9 Å². The first-order valence-corrected chi connectivity index (χ1v) is 8.59. The second-order valence-electron chi connectivity index (χ2n) is 5.30. The van der Waals surface area contributed by atoms with Gasteiger partial charge in [0.2, 0.25) is 0 Å². The number of likely N-dealkylation sites (N-methyl/N-ethyl adjacent to an activating group) is 1. The Morgan fingerprint density at radius 2 is 2.25 bits per heavy atom. The average Bonchev–Trinajstić information content (AvgIpc) is 3.07. The smallest absolute Gasteiger partial charge is 0.0766 e. The number of ether oxygens (including phenoxy) is 1. The van der Waals surface area contributed by atoms with E-state index in [1.54, 1.807) is 0 Å². The summed E-state index contributed by atoms with van der Waals surface area (Å²) in [7, 11) is 0. The van der Waals surface area contributed by atoms with Gasteiger partial charge in [0, 0.05) is 25.6 Å². The second-order valence-corrected chi connectivity index (χ2v) is 6.09. The molecule has 1 aromatic rings. The first-order chi connectivity index (χ1) is 9.71. The molecule has 114 valence electrons. The zero-order chi connectivity index (χ0) is 14.5. The minimum Gasteiger partial charge on any atom is -0.377 e. The van der Waals surface area contributed by atoms with E-state index in [0.29, 0.717) is 12.1 Å². The highest BCUT2D eigenvalue weighted by atomic mass is 79.9. The average molecular weight is 344 g/mol. The van der Waals surface area contributed by atoms with Crippen molar-refractivity contribution >= 4 is 15.9 Å². The molecule has 0 aromatic carbocycles. The van der Waals surface area contributed by atoms with Gasteiger partial charge < -0.3 is 10.1 Å². The van der Waals surface area contributed by atoms with Crippen LogP contribution < -0.4 is 5.32 Å². The van der Waals surface area contributed by atoms with Gasteiger partial charge in [-0.25, -0.2) is 0 Å². The fourth-order valence-corrected chi connectivity index (χ4v) is 3.66. The number of nitrogens with one attached hydrogen (secondary N) is 1. The highest BCUT2D eigenvalue weighted by Crippen LogP contribution is 2.26. The second kappa shape index (κ2) is 7.57. The van der Waals surface area contributed by atoms with Crippen LogP contribution in [-0.4, -0.2) is 35.1 Å². The van der Waals surface area contributed by atoms with Gasteiger partial charge in [0.1, 0.15) is 0 Å². The number of aromatic nitrogens is 2. The van der Waals surface area contributed by atoms with E-state index in [1.165, 1.54) is 16.6 Å². The zero-order valence-corrected chi connectivity index (χ0v) is 14.4. The van der Waals surface area contributed by atoms with E-state index in [4.69, 9.17) is 4.74 Å². The van der Waals surface area contributed by atoms with Gasteiger partial charge in [0.15, 0.2) is 0 Å². The van der Waals surface area contributed by atoms with Crippen molar-refractivity contribution in [2.45, 2.75) is 65.1 Å². The maximum Gasteiger partial charge on any atom is 0.0766 e. The topological polar surface area (TPSA) is 39.1 Å². The van der Waals surface area contributed by atoms with Gasteiger partial charge in [-0.05, 0) is 48.7 Å². The molecule has 0 saturated carbocycles. The van der Waals surface area contributed by atoms with Crippen LogP contribution in [0.25, 0.3) is 0 Å². The molecular weight excluding hydrogens is 318 g/mol. The molecule has 2 unspecified atom stereocenters. The molecular formula is C15H26BrN3O. The van der Waals surface area contributed by atoms with Crippen molar-refractivity contribution in [1.29, 1.82) is 0 Å². The molecule has 2 rings (SSSR count). The van der Waals surface area contributed by atoms with E-state index in [2.05, 4.69) is 51.8 Å². The molecule has 0 amide bonds. The quantitative estimate of drug-likeness (QED) is 0.827. The Hall–Kier alpha value is -0.390. The monoisotopic (exact) mass is 343 g/mol. The molecule has 1 aromatic heterocycles. The standard InChI is InChI=1S/C15H26BrN3O/c1-4-11-15(16)13(19(6-3)18-11)10-12(17-5-2)14-8-7-9-20-14/h12,14,17H,4-10H2,1-3H3. The van der Waals surface area contributed by atoms with Crippen molar-refractivity contribution < 1.29 is 4.74 Å². The van der Waals surface area contributed by atoms with E-state index < -0.39 is 0 Å².